The van der Waals surface area contributed by atoms with E-state index in [0.717, 1.165) is 47.9 Å². The van der Waals surface area contributed by atoms with E-state index in [4.69, 9.17) is 0 Å². The Morgan fingerprint density at radius 1 is 1.09 bits per heavy atom. The summed E-state index contributed by atoms with van der Waals surface area (Å²) in [5.74, 6) is 0.216. The maximum Gasteiger partial charge on any atom is 0.241 e. The average Bonchev–Trinajstić information content (AvgIpc) is 2.51. The predicted molar refractivity (Wildman–Crippen MR) is 93.2 cm³/mol. The molecule has 1 atom stereocenters. The maximum absolute atomic E-state index is 12.7. The molecular weight excluding hydrogens is 310 g/mol. The Morgan fingerprint density at radius 2 is 1.61 bits per heavy atom. The summed E-state index contributed by atoms with van der Waals surface area (Å²) in [5, 5.41) is 10.3. The van der Waals surface area contributed by atoms with E-state index in [0.29, 0.717) is 4.90 Å². The lowest BCUT2D eigenvalue weighted by atomic mass is 9.85. The largest absolute Gasteiger partial charge is 0.391 e. The fourth-order valence-electron chi connectivity index (χ4n) is 3.54. The van der Waals surface area contributed by atoms with Crippen LogP contribution in [-0.4, -0.2) is 26.2 Å². The molecule has 0 saturated heterocycles. The number of sulfonamides is 1. The van der Waals surface area contributed by atoms with Gasteiger partial charge >= 0.3 is 0 Å². The Bertz CT molecular complexity index is 635. The third-order valence-electron chi connectivity index (χ3n) is 5.24. The van der Waals surface area contributed by atoms with Gasteiger partial charge in [0.1, 0.15) is 0 Å². The van der Waals surface area contributed by atoms with Crippen molar-refractivity contribution < 1.29 is 13.5 Å². The Hall–Kier alpha value is -0.910. The van der Waals surface area contributed by atoms with Crippen LogP contribution >= 0.6 is 0 Å². The smallest absolute Gasteiger partial charge is 0.241 e. The second-order valence-corrected chi connectivity index (χ2v) is 8.61. The summed E-state index contributed by atoms with van der Waals surface area (Å²) in [6, 6.07) is 2.01. The molecule has 130 valence electrons. The van der Waals surface area contributed by atoms with Crippen molar-refractivity contribution in [3.63, 3.8) is 0 Å². The molecule has 1 aliphatic rings. The third-order valence-corrected chi connectivity index (χ3v) is 6.94. The van der Waals surface area contributed by atoms with Gasteiger partial charge in [0, 0.05) is 6.54 Å². The molecule has 1 aromatic rings. The van der Waals surface area contributed by atoms with Crippen molar-refractivity contribution in [3.8, 4) is 0 Å². The minimum absolute atomic E-state index is 0.0961. The van der Waals surface area contributed by atoms with Gasteiger partial charge in [-0.2, -0.15) is 0 Å². The van der Waals surface area contributed by atoms with Gasteiger partial charge in [0.05, 0.1) is 11.0 Å². The van der Waals surface area contributed by atoms with Gasteiger partial charge in [0.2, 0.25) is 10.0 Å². The highest BCUT2D eigenvalue weighted by Gasteiger charge is 2.26. The number of rotatable bonds is 5. The van der Waals surface area contributed by atoms with E-state index in [9.17, 15) is 13.5 Å². The molecule has 1 fully saturated rings. The lowest BCUT2D eigenvalue weighted by Crippen LogP contribution is -2.37. The molecule has 0 bridgehead atoms. The predicted octanol–water partition coefficient (Wildman–Crippen LogP) is 3.14. The zero-order chi connectivity index (χ0) is 17.2. The molecule has 0 heterocycles. The first-order valence-corrected chi connectivity index (χ1v) is 9.97. The van der Waals surface area contributed by atoms with Crippen LogP contribution in [0.5, 0.6) is 0 Å². The first-order chi connectivity index (χ1) is 10.7. The Balaban J connectivity index is 2.16. The number of benzene rings is 1. The van der Waals surface area contributed by atoms with Crippen LogP contribution in [0.4, 0.5) is 0 Å². The van der Waals surface area contributed by atoms with Crippen LogP contribution in [0.25, 0.3) is 0 Å². The van der Waals surface area contributed by atoms with Crippen molar-refractivity contribution in [2.75, 3.05) is 6.54 Å². The summed E-state index contributed by atoms with van der Waals surface area (Å²) in [7, 11) is -3.61. The van der Waals surface area contributed by atoms with Gasteiger partial charge in [0.15, 0.2) is 0 Å². The minimum Gasteiger partial charge on any atom is -0.391 e. The number of aliphatic hydroxyl groups excluding tert-OH is 1. The van der Waals surface area contributed by atoms with Crippen LogP contribution in [0.15, 0.2) is 11.0 Å². The number of hydrogen-bond acceptors (Lipinski definition) is 3. The van der Waals surface area contributed by atoms with Gasteiger partial charge in [-0.3, -0.25) is 0 Å². The lowest BCUT2D eigenvalue weighted by molar-refractivity contribution is 0.0888. The summed E-state index contributed by atoms with van der Waals surface area (Å²) in [5.41, 5.74) is 3.52. The molecule has 0 spiro atoms. The molecule has 2 rings (SSSR count). The van der Waals surface area contributed by atoms with Crippen molar-refractivity contribution in [3.05, 3.63) is 28.3 Å². The van der Waals surface area contributed by atoms with Crippen LogP contribution in [0.2, 0.25) is 0 Å². The van der Waals surface area contributed by atoms with Gasteiger partial charge in [-0.05, 0) is 68.7 Å². The van der Waals surface area contributed by atoms with Crippen molar-refractivity contribution in [2.45, 2.75) is 70.8 Å². The normalized spacial score (nSPS) is 18.1. The van der Waals surface area contributed by atoms with E-state index in [2.05, 4.69) is 4.72 Å². The summed E-state index contributed by atoms with van der Waals surface area (Å²) in [6.45, 7) is 7.63. The van der Waals surface area contributed by atoms with Crippen LogP contribution in [0.1, 0.15) is 54.4 Å². The van der Waals surface area contributed by atoms with Gasteiger partial charge in [-0.25, -0.2) is 13.1 Å². The molecule has 0 aromatic heterocycles. The van der Waals surface area contributed by atoms with E-state index in [-0.39, 0.29) is 12.5 Å². The van der Waals surface area contributed by atoms with Crippen molar-refractivity contribution in [1.29, 1.82) is 0 Å². The highest BCUT2D eigenvalue weighted by molar-refractivity contribution is 7.89. The number of nitrogens with one attached hydrogen (secondary N) is 1. The number of hydrogen-bond donors (Lipinski definition) is 2. The first kappa shape index (κ1) is 18.4. The minimum atomic E-state index is -3.61. The monoisotopic (exact) mass is 339 g/mol. The summed E-state index contributed by atoms with van der Waals surface area (Å²) in [4.78, 5) is 0.367. The molecular formula is C18H29NO3S. The molecule has 1 aliphatic carbocycles. The Labute approximate surface area is 140 Å². The second-order valence-electron chi connectivity index (χ2n) is 6.91. The SMILES string of the molecule is Cc1cc(C)c(C)c(S(=O)(=O)NCC(O)C2CCCCC2)c1C. The summed E-state index contributed by atoms with van der Waals surface area (Å²) in [6.07, 6.45) is 4.86. The third kappa shape index (κ3) is 4.14. The van der Waals surface area contributed by atoms with E-state index < -0.39 is 16.1 Å². The molecule has 5 heteroatoms. The topological polar surface area (TPSA) is 66.4 Å². The molecule has 4 nitrogen and oxygen atoms in total. The Kier molecular flexibility index (Phi) is 5.87. The van der Waals surface area contributed by atoms with Crippen molar-refractivity contribution in [2.24, 2.45) is 5.92 Å². The number of aryl methyl sites for hydroxylation is 2. The molecule has 0 radical (unpaired) electrons. The quantitative estimate of drug-likeness (QED) is 0.866. The van der Waals surface area contributed by atoms with Gasteiger partial charge in [0.25, 0.3) is 0 Å². The van der Waals surface area contributed by atoms with E-state index in [1.54, 1.807) is 0 Å². The highest BCUT2D eigenvalue weighted by atomic mass is 32.2. The van der Waals surface area contributed by atoms with Crippen molar-refractivity contribution >= 4 is 10.0 Å². The molecule has 1 unspecified atom stereocenters. The summed E-state index contributed by atoms with van der Waals surface area (Å²) < 4.78 is 28.1. The first-order valence-electron chi connectivity index (χ1n) is 8.49. The van der Waals surface area contributed by atoms with Gasteiger partial charge in [-0.1, -0.05) is 25.3 Å². The Morgan fingerprint density at radius 3 is 2.13 bits per heavy atom. The fourth-order valence-corrected chi connectivity index (χ4v) is 5.20. The molecule has 1 aromatic carbocycles. The zero-order valence-electron chi connectivity index (χ0n) is 14.6. The second kappa shape index (κ2) is 7.32. The molecule has 23 heavy (non-hydrogen) atoms. The van der Waals surface area contributed by atoms with Gasteiger partial charge < -0.3 is 5.11 Å². The van der Waals surface area contributed by atoms with Crippen LogP contribution < -0.4 is 4.72 Å². The van der Waals surface area contributed by atoms with Crippen molar-refractivity contribution in [1.82, 2.24) is 4.72 Å². The summed E-state index contributed by atoms with van der Waals surface area (Å²) >= 11 is 0. The molecule has 0 aliphatic heterocycles. The highest BCUT2D eigenvalue weighted by Crippen LogP contribution is 2.28. The van der Waals surface area contributed by atoms with Crippen LogP contribution in [-0.2, 0) is 10.0 Å². The maximum atomic E-state index is 12.7. The number of aliphatic hydroxyl groups is 1. The molecule has 0 amide bonds. The standard InChI is InChI=1S/C18H29NO3S/c1-12-10-13(2)15(4)18(14(12)3)23(21,22)19-11-17(20)16-8-6-5-7-9-16/h10,16-17,19-20H,5-9,11H2,1-4H3. The van der Waals surface area contributed by atoms with Gasteiger partial charge in [-0.15, -0.1) is 0 Å². The van der Waals surface area contributed by atoms with E-state index in [1.807, 2.05) is 33.8 Å². The van der Waals surface area contributed by atoms with E-state index >= 15 is 0 Å². The molecule has 1 saturated carbocycles. The zero-order valence-corrected chi connectivity index (χ0v) is 15.5. The van der Waals surface area contributed by atoms with Crippen LogP contribution in [0, 0.1) is 33.6 Å². The molecule has 2 N–H and O–H groups in total. The lowest BCUT2D eigenvalue weighted by Gasteiger charge is -2.27. The average molecular weight is 340 g/mol. The fraction of sp³-hybridized carbons (Fsp3) is 0.667. The van der Waals surface area contributed by atoms with E-state index in [1.165, 1.54) is 6.42 Å². The van der Waals surface area contributed by atoms with Crippen LogP contribution in [0.3, 0.4) is 0 Å².